The van der Waals surface area contributed by atoms with Crippen molar-refractivity contribution in [1.29, 1.82) is 0 Å². The van der Waals surface area contributed by atoms with E-state index in [0.29, 0.717) is 16.5 Å². The molecule has 0 saturated heterocycles. The maximum Gasteiger partial charge on any atom is 0.259 e. The third kappa shape index (κ3) is 3.43. The minimum absolute atomic E-state index is 0.0785. The van der Waals surface area contributed by atoms with Crippen molar-refractivity contribution in [2.75, 3.05) is 5.32 Å². The Balaban J connectivity index is 1.73. The van der Waals surface area contributed by atoms with Crippen LogP contribution in [0.25, 0.3) is 11.2 Å². The van der Waals surface area contributed by atoms with Crippen molar-refractivity contribution in [2.45, 2.75) is 38.2 Å². The molecule has 0 saturated carbocycles. The summed E-state index contributed by atoms with van der Waals surface area (Å²) in [5.41, 5.74) is 5.35. The normalized spacial score (nSPS) is 12.3. The van der Waals surface area contributed by atoms with Gasteiger partial charge in [-0.25, -0.2) is 4.98 Å². The molecule has 3 rings (SSSR count). The average Bonchev–Trinajstić information content (AvgIpc) is 2.92. The first-order valence-corrected chi connectivity index (χ1v) is 8.59. The molecule has 0 bridgehead atoms. The fourth-order valence-corrected chi connectivity index (χ4v) is 3.35. The molecule has 124 valence electrons. The van der Waals surface area contributed by atoms with Crippen molar-refractivity contribution in [3.05, 3.63) is 47.2 Å². The van der Waals surface area contributed by atoms with Crippen LogP contribution in [0.5, 0.6) is 0 Å². The van der Waals surface area contributed by atoms with E-state index in [1.54, 1.807) is 12.3 Å². The molecule has 24 heavy (non-hydrogen) atoms. The molecule has 0 radical (unpaired) electrons. The standard InChI is InChI=1S/C18H19N3O2S/c1-10-8-11(2)15(12(3)9-10)20-17(22)13(4)24-18-21-16-14(23-18)6-5-7-19-16/h5-9,13H,1-4H3,(H,20,22)/t13-/m0/s1. The molecular formula is C18H19N3O2S. The third-order valence-electron chi connectivity index (χ3n) is 3.72. The predicted molar refractivity (Wildman–Crippen MR) is 96.4 cm³/mol. The number of rotatable bonds is 4. The van der Waals surface area contributed by atoms with E-state index in [2.05, 4.69) is 27.4 Å². The highest BCUT2D eigenvalue weighted by Gasteiger charge is 2.19. The molecule has 2 heterocycles. The van der Waals surface area contributed by atoms with Gasteiger partial charge >= 0.3 is 0 Å². The molecule has 2 aromatic heterocycles. The number of fused-ring (bicyclic) bond motifs is 1. The van der Waals surface area contributed by atoms with Gasteiger partial charge in [0.2, 0.25) is 5.91 Å². The zero-order chi connectivity index (χ0) is 17.3. The molecule has 1 atom stereocenters. The Hall–Kier alpha value is -2.34. The topological polar surface area (TPSA) is 68.0 Å². The number of hydrogen-bond acceptors (Lipinski definition) is 5. The number of carbonyl (C=O) groups excluding carboxylic acids is 1. The summed E-state index contributed by atoms with van der Waals surface area (Å²) in [7, 11) is 0. The van der Waals surface area contributed by atoms with E-state index >= 15 is 0 Å². The number of aryl methyl sites for hydroxylation is 3. The molecule has 0 spiro atoms. The maximum atomic E-state index is 12.5. The predicted octanol–water partition coefficient (Wildman–Crippen LogP) is 4.27. The van der Waals surface area contributed by atoms with Crippen molar-refractivity contribution in [1.82, 2.24) is 9.97 Å². The summed E-state index contributed by atoms with van der Waals surface area (Å²) in [6.45, 7) is 7.88. The van der Waals surface area contributed by atoms with Crippen LogP contribution in [0.4, 0.5) is 5.69 Å². The number of pyridine rings is 1. The first-order valence-electron chi connectivity index (χ1n) is 7.71. The molecule has 1 aromatic carbocycles. The number of oxazole rings is 1. The first kappa shape index (κ1) is 16.5. The summed E-state index contributed by atoms with van der Waals surface area (Å²) < 4.78 is 5.61. The molecule has 6 heteroatoms. The molecule has 0 aliphatic rings. The van der Waals surface area contributed by atoms with Crippen LogP contribution in [0.2, 0.25) is 0 Å². The van der Waals surface area contributed by atoms with Crippen LogP contribution >= 0.6 is 11.8 Å². The van der Waals surface area contributed by atoms with E-state index in [-0.39, 0.29) is 11.2 Å². The number of nitrogens with zero attached hydrogens (tertiary/aromatic N) is 2. The minimum atomic E-state index is -0.335. The van der Waals surface area contributed by atoms with Crippen molar-refractivity contribution in [3.63, 3.8) is 0 Å². The summed E-state index contributed by atoms with van der Waals surface area (Å²) in [5, 5.41) is 3.13. The number of hydrogen-bond donors (Lipinski definition) is 1. The van der Waals surface area contributed by atoms with Gasteiger partial charge in [-0.05, 0) is 51.0 Å². The number of thioether (sulfide) groups is 1. The summed E-state index contributed by atoms with van der Waals surface area (Å²) in [5.74, 6) is -0.0785. The van der Waals surface area contributed by atoms with Gasteiger partial charge in [0.15, 0.2) is 11.2 Å². The molecule has 0 aliphatic heterocycles. The lowest BCUT2D eigenvalue weighted by atomic mass is 10.1. The average molecular weight is 341 g/mol. The van der Waals surface area contributed by atoms with Crippen LogP contribution in [-0.2, 0) is 4.79 Å². The Morgan fingerprint density at radius 1 is 1.25 bits per heavy atom. The van der Waals surface area contributed by atoms with Crippen LogP contribution in [0.15, 0.2) is 40.1 Å². The van der Waals surface area contributed by atoms with E-state index in [9.17, 15) is 4.79 Å². The molecule has 3 aromatic rings. The number of amides is 1. The van der Waals surface area contributed by atoms with Gasteiger partial charge in [-0.1, -0.05) is 29.5 Å². The lowest BCUT2D eigenvalue weighted by molar-refractivity contribution is -0.115. The van der Waals surface area contributed by atoms with E-state index in [4.69, 9.17) is 4.42 Å². The highest BCUT2D eigenvalue weighted by atomic mass is 32.2. The van der Waals surface area contributed by atoms with Gasteiger partial charge in [0.25, 0.3) is 5.22 Å². The third-order valence-corrected chi connectivity index (χ3v) is 4.66. The first-order chi connectivity index (χ1) is 11.4. The summed E-state index contributed by atoms with van der Waals surface area (Å²) in [6, 6.07) is 7.73. The zero-order valence-electron chi connectivity index (χ0n) is 14.1. The second-order valence-electron chi connectivity index (χ2n) is 5.83. The van der Waals surface area contributed by atoms with E-state index in [1.807, 2.05) is 33.8 Å². The van der Waals surface area contributed by atoms with E-state index < -0.39 is 0 Å². The van der Waals surface area contributed by atoms with Crippen LogP contribution in [0, 0.1) is 20.8 Å². The van der Waals surface area contributed by atoms with Crippen molar-refractivity contribution in [3.8, 4) is 0 Å². The molecule has 1 amide bonds. The Morgan fingerprint density at radius 2 is 1.96 bits per heavy atom. The van der Waals surface area contributed by atoms with Crippen molar-refractivity contribution >= 4 is 34.6 Å². The Bertz CT molecular complexity index is 848. The quantitative estimate of drug-likeness (QED) is 0.718. The fourth-order valence-electron chi connectivity index (χ4n) is 2.61. The van der Waals surface area contributed by atoms with Crippen molar-refractivity contribution in [2.24, 2.45) is 0 Å². The molecule has 0 unspecified atom stereocenters. The molecule has 0 aliphatic carbocycles. The van der Waals surface area contributed by atoms with Crippen LogP contribution < -0.4 is 5.32 Å². The number of benzene rings is 1. The minimum Gasteiger partial charge on any atom is -0.430 e. The second-order valence-corrected chi connectivity index (χ2v) is 7.12. The maximum absolute atomic E-state index is 12.5. The van der Waals surface area contributed by atoms with Crippen LogP contribution in [-0.4, -0.2) is 21.1 Å². The smallest absolute Gasteiger partial charge is 0.259 e. The van der Waals surface area contributed by atoms with Gasteiger partial charge in [0, 0.05) is 11.9 Å². The number of anilines is 1. The van der Waals surface area contributed by atoms with Crippen LogP contribution in [0.1, 0.15) is 23.6 Å². The highest BCUT2D eigenvalue weighted by Crippen LogP contribution is 2.28. The fraction of sp³-hybridized carbons (Fsp3) is 0.278. The largest absolute Gasteiger partial charge is 0.430 e. The van der Waals surface area contributed by atoms with Gasteiger partial charge in [0.05, 0.1) is 5.25 Å². The molecule has 0 fully saturated rings. The summed E-state index contributed by atoms with van der Waals surface area (Å²) >= 11 is 1.28. The van der Waals surface area contributed by atoms with Gasteiger partial charge in [-0.3, -0.25) is 4.79 Å². The molecular weight excluding hydrogens is 322 g/mol. The SMILES string of the molecule is Cc1cc(C)c(NC(=O)[C@H](C)Sc2nc3ncccc3o2)c(C)c1. The molecule has 5 nitrogen and oxygen atoms in total. The number of aromatic nitrogens is 2. The Kier molecular flexibility index (Phi) is 4.57. The Labute approximate surface area is 144 Å². The van der Waals surface area contributed by atoms with Gasteiger partial charge in [0.1, 0.15) is 0 Å². The number of carbonyl (C=O) groups is 1. The van der Waals surface area contributed by atoms with Crippen LogP contribution in [0.3, 0.4) is 0 Å². The van der Waals surface area contributed by atoms with Gasteiger partial charge in [-0.15, -0.1) is 0 Å². The lowest BCUT2D eigenvalue weighted by Crippen LogP contribution is -2.23. The zero-order valence-corrected chi connectivity index (χ0v) is 14.9. The van der Waals surface area contributed by atoms with Gasteiger partial charge < -0.3 is 9.73 Å². The molecule has 1 N–H and O–H groups in total. The van der Waals surface area contributed by atoms with E-state index in [0.717, 1.165) is 16.8 Å². The highest BCUT2D eigenvalue weighted by molar-refractivity contribution is 8.00. The summed E-state index contributed by atoms with van der Waals surface area (Å²) in [6.07, 6.45) is 1.67. The van der Waals surface area contributed by atoms with E-state index in [1.165, 1.54) is 17.3 Å². The summed E-state index contributed by atoms with van der Waals surface area (Å²) in [4.78, 5) is 20.9. The number of nitrogens with one attached hydrogen (secondary N) is 1. The lowest BCUT2D eigenvalue weighted by Gasteiger charge is -2.15. The monoisotopic (exact) mass is 341 g/mol. The van der Waals surface area contributed by atoms with Gasteiger partial charge in [-0.2, -0.15) is 4.98 Å². The Morgan fingerprint density at radius 3 is 2.62 bits per heavy atom. The second kappa shape index (κ2) is 6.65. The van der Waals surface area contributed by atoms with Crippen molar-refractivity contribution < 1.29 is 9.21 Å².